The summed E-state index contributed by atoms with van der Waals surface area (Å²) in [5.41, 5.74) is -1.04. The molecule has 0 aromatic carbocycles. The van der Waals surface area contributed by atoms with Gasteiger partial charge in [-0.25, -0.2) is 0 Å². The second-order valence-corrected chi connectivity index (χ2v) is 2.20. The van der Waals surface area contributed by atoms with Crippen molar-refractivity contribution in [2.24, 2.45) is 5.90 Å². The van der Waals surface area contributed by atoms with Gasteiger partial charge in [0.25, 0.3) is 0 Å². The molecule has 52 valence electrons. The van der Waals surface area contributed by atoms with Crippen molar-refractivity contribution in [1.82, 2.24) is 0 Å². The minimum absolute atomic E-state index is 0.199. The van der Waals surface area contributed by atoms with E-state index in [9.17, 15) is 9.36 Å². The van der Waals surface area contributed by atoms with Gasteiger partial charge in [-0.15, -0.1) is 4.52 Å². The van der Waals surface area contributed by atoms with Crippen molar-refractivity contribution >= 4 is 13.7 Å². The van der Waals surface area contributed by atoms with Crippen LogP contribution in [0.1, 0.15) is 6.92 Å². The molecule has 0 aliphatic carbocycles. The predicted octanol–water partition coefficient (Wildman–Crippen LogP) is 0.776. The van der Waals surface area contributed by atoms with Crippen LogP contribution < -0.4 is 5.90 Å². The van der Waals surface area contributed by atoms with E-state index in [0.717, 1.165) is 0 Å². The summed E-state index contributed by atoms with van der Waals surface area (Å²) in [4.78, 5) is 13.8. The molecule has 9 heavy (non-hydrogen) atoms. The lowest BCUT2D eigenvalue weighted by atomic mass is 10.9. The SMILES string of the molecule is CCO[P+](=O)C(=O)ON. The third-order valence-corrected chi connectivity index (χ3v) is 1.39. The molecular weight excluding hydrogens is 145 g/mol. The van der Waals surface area contributed by atoms with E-state index in [1.807, 2.05) is 0 Å². The smallest absolute Gasteiger partial charge is 0.332 e. The molecule has 0 aromatic heterocycles. The van der Waals surface area contributed by atoms with Crippen LogP contribution in [-0.4, -0.2) is 12.3 Å². The highest BCUT2D eigenvalue weighted by Crippen LogP contribution is 2.23. The molecule has 1 atom stereocenters. The molecule has 1 unspecified atom stereocenters. The highest BCUT2D eigenvalue weighted by molar-refractivity contribution is 7.58. The monoisotopic (exact) mass is 152 g/mol. The van der Waals surface area contributed by atoms with Crippen LogP contribution in [-0.2, 0) is 13.9 Å². The molecular formula is C3H7NO4P+. The summed E-state index contributed by atoms with van der Waals surface area (Å²) in [5, 5.41) is 0. The number of hydrogen-bond acceptors (Lipinski definition) is 5. The summed E-state index contributed by atoms with van der Waals surface area (Å²) in [6, 6.07) is 0. The fourth-order valence-corrected chi connectivity index (χ4v) is 0.639. The highest BCUT2D eigenvalue weighted by Gasteiger charge is 2.32. The van der Waals surface area contributed by atoms with Gasteiger partial charge < -0.3 is 4.84 Å². The van der Waals surface area contributed by atoms with Crippen LogP contribution in [0.3, 0.4) is 0 Å². The van der Waals surface area contributed by atoms with Gasteiger partial charge in [-0.1, -0.05) is 0 Å². The summed E-state index contributed by atoms with van der Waals surface area (Å²) in [6.07, 6.45) is 0. The number of carbonyl (C=O) groups excluding carboxylic acids is 1. The van der Waals surface area contributed by atoms with E-state index in [2.05, 4.69) is 15.3 Å². The minimum Gasteiger partial charge on any atom is -0.332 e. The van der Waals surface area contributed by atoms with Crippen LogP contribution in [0.4, 0.5) is 4.79 Å². The topological polar surface area (TPSA) is 78.6 Å². The lowest BCUT2D eigenvalue weighted by Gasteiger charge is -1.80. The molecule has 0 rings (SSSR count). The first-order valence-corrected chi connectivity index (χ1v) is 3.41. The van der Waals surface area contributed by atoms with Gasteiger partial charge in [-0.05, 0) is 11.5 Å². The first-order chi connectivity index (χ1) is 4.22. The average Bonchev–Trinajstić information content (AvgIpc) is 1.87. The Bertz CT molecular complexity index is 125. The Morgan fingerprint density at radius 1 is 1.78 bits per heavy atom. The zero-order chi connectivity index (χ0) is 7.28. The van der Waals surface area contributed by atoms with Crippen LogP contribution in [0.2, 0.25) is 0 Å². The molecule has 2 N–H and O–H groups in total. The molecule has 0 saturated heterocycles. The number of rotatable bonds is 3. The van der Waals surface area contributed by atoms with Crippen molar-refractivity contribution in [3.8, 4) is 0 Å². The largest absolute Gasteiger partial charge is 0.637 e. The fraction of sp³-hybridized carbons (Fsp3) is 0.667. The van der Waals surface area contributed by atoms with Gasteiger partial charge >= 0.3 is 13.7 Å². The van der Waals surface area contributed by atoms with Crippen LogP contribution >= 0.6 is 8.03 Å². The maximum absolute atomic E-state index is 10.3. The quantitative estimate of drug-likeness (QED) is 0.477. The van der Waals surface area contributed by atoms with E-state index < -0.39 is 13.7 Å². The Balaban J connectivity index is 3.60. The molecule has 0 amide bonds. The lowest BCUT2D eigenvalue weighted by molar-refractivity contribution is 0.170. The van der Waals surface area contributed by atoms with E-state index in [0.29, 0.717) is 0 Å². The number of nitrogens with two attached hydrogens (primary N) is 1. The first-order valence-electron chi connectivity index (χ1n) is 2.23. The third-order valence-electron chi connectivity index (χ3n) is 0.496. The Morgan fingerprint density at radius 3 is 2.67 bits per heavy atom. The molecule has 0 saturated carbocycles. The maximum Gasteiger partial charge on any atom is 0.637 e. The molecule has 6 heteroatoms. The second-order valence-electron chi connectivity index (χ2n) is 1.06. The summed E-state index contributed by atoms with van der Waals surface area (Å²) in [5.74, 6) is 4.39. The van der Waals surface area contributed by atoms with E-state index in [1.165, 1.54) is 0 Å². The predicted molar refractivity (Wildman–Crippen MR) is 29.9 cm³/mol. The van der Waals surface area contributed by atoms with Gasteiger partial charge in [0.05, 0.1) is 0 Å². The van der Waals surface area contributed by atoms with Crippen molar-refractivity contribution in [2.75, 3.05) is 6.61 Å². The Labute approximate surface area is 52.9 Å². The minimum atomic E-state index is -2.38. The van der Waals surface area contributed by atoms with Crippen molar-refractivity contribution in [2.45, 2.75) is 6.92 Å². The molecule has 0 aliphatic rings. The van der Waals surface area contributed by atoms with Gasteiger partial charge in [-0.3, -0.25) is 0 Å². The molecule has 0 fully saturated rings. The molecule has 0 aliphatic heterocycles. The van der Waals surface area contributed by atoms with Crippen LogP contribution in [0.25, 0.3) is 0 Å². The summed E-state index contributed by atoms with van der Waals surface area (Å²) in [7, 11) is -2.38. The van der Waals surface area contributed by atoms with Gasteiger partial charge in [0.2, 0.25) is 0 Å². The first kappa shape index (κ1) is 8.49. The van der Waals surface area contributed by atoms with Gasteiger partial charge in [0, 0.05) is 0 Å². The van der Waals surface area contributed by atoms with Gasteiger partial charge in [0.1, 0.15) is 6.61 Å². The lowest BCUT2D eigenvalue weighted by Crippen LogP contribution is -2.04. The van der Waals surface area contributed by atoms with E-state index in [-0.39, 0.29) is 6.61 Å². The van der Waals surface area contributed by atoms with Crippen molar-refractivity contribution in [3.05, 3.63) is 0 Å². The van der Waals surface area contributed by atoms with E-state index in [4.69, 9.17) is 0 Å². The Morgan fingerprint density at radius 2 is 2.33 bits per heavy atom. The zero-order valence-electron chi connectivity index (χ0n) is 4.86. The summed E-state index contributed by atoms with van der Waals surface area (Å²) >= 11 is 0. The summed E-state index contributed by atoms with van der Waals surface area (Å²) in [6.45, 7) is 1.81. The normalized spacial score (nSPS) is 10.7. The Hall–Kier alpha value is -0.510. The zero-order valence-corrected chi connectivity index (χ0v) is 5.76. The molecule has 0 bridgehead atoms. The number of carbonyl (C=O) groups is 1. The molecule has 0 spiro atoms. The van der Waals surface area contributed by atoms with Crippen molar-refractivity contribution < 1.29 is 18.7 Å². The molecule has 0 heterocycles. The van der Waals surface area contributed by atoms with Crippen molar-refractivity contribution in [3.63, 3.8) is 0 Å². The molecule has 5 nitrogen and oxygen atoms in total. The third kappa shape index (κ3) is 3.13. The number of hydrogen-bond donors (Lipinski definition) is 1. The van der Waals surface area contributed by atoms with Crippen LogP contribution in [0.15, 0.2) is 0 Å². The average molecular weight is 152 g/mol. The van der Waals surface area contributed by atoms with Gasteiger partial charge in [-0.2, -0.15) is 10.7 Å². The molecule has 0 radical (unpaired) electrons. The van der Waals surface area contributed by atoms with Gasteiger partial charge in [0.15, 0.2) is 0 Å². The summed E-state index contributed by atoms with van der Waals surface area (Å²) < 4.78 is 14.7. The van der Waals surface area contributed by atoms with Crippen LogP contribution in [0.5, 0.6) is 0 Å². The van der Waals surface area contributed by atoms with Crippen LogP contribution in [0, 0.1) is 0 Å². The highest BCUT2D eigenvalue weighted by atomic mass is 31.1. The second kappa shape index (κ2) is 4.38. The Kier molecular flexibility index (Phi) is 4.13. The van der Waals surface area contributed by atoms with E-state index >= 15 is 0 Å². The van der Waals surface area contributed by atoms with E-state index in [1.54, 1.807) is 6.92 Å². The molecule has 0 aromatic rings. The van der Waals surface area contributed by atoms with Crippen molar-refractivity contribution in [1.29, 1.82) is 0 Å². The fourth-order valence-electron chi connectivity index (χ4n) is 0.213. The maximum atomic E-state index is 10.3. The standard InChI is InChI=1S/C3H7NO4P/c1-2-7-9(6)3(5)8-4/h2,4H2,1H3/q+1.